The molecule has 0 amide bonds. The lowest BCUT2D eigenvalue weighted by Crippen LogP contribution is -1.97. The second-order valence-electron chi connectivity index (χ2n) is 3.82. The smallest absolute Gasteiger partial charge is 0.273 e. The lowest BCUT2D eigenvalue weighted by atomic mass is 10.2. The predicted octanol–water partition coefficient (Wildman–Crippen LogP) is 4.08. The highest BCUT2D eigenvalue weighted by Crippen LogP contribution is 2.21. The molecule has 2 rings (SSSR count). The number of ether oxygens (including phenoxy) is 1. The molecule has 0 heterocycles. The Balaban J connectivity index is 2.10. The average Bonchev–Trinajstić information content (AvgIpc) is 2.35. The van der Waals surface area contributed by atoms with E-state index < -0.39 is 4.92 Å². The van der Waals surface area contributed by atoms with Crippen LogP contribution >= 0.6 is 15.9 Å². The van der Waals surface area contributed by atoms with Gasteiger partial charge in [-0.15, -0.1) is 0 Å². The summed E-state index contributed by atoms with van der Waals surface area (Å²) in [6.45, 7) is 0.136. The molecule has 0 saturated carbocycles. The first-order chi connectivity index (χ1) is 9.04. The molecule has 4 nitrogen and oxygen atoms in total. The van der Waals surface area contributed by atoms with Gasteiger partial charge in [0, 0.05) is 10.5 Å². The number of hydrogen-bond acceptors (Lipinski definition) is 3. The molecule has 0 radical (unpaired) electrons. The van der Waals surface area contributed by atoms with Gasteiger partial charge in [-0.05, 0) is 29.8 Å². The predicted molar refractivity (Wildman–Crippen MR) is 71.5 cm³/mol. The number of non-ortho nitro benzene ring substituents is 1. The van der Waals surface area contributed by atoms with Gasteiger partial charge in [0.15, 0.2) is 0 Å². The first kappa shape index (κ1) is 13.5. The largest absolute Gasteiger partial charge is 0.489 e. The summed E-state index contributed by atoms with van der Waals surface area (Å²) < 4.78 is 19.2. The van der Waals surface area contributed by atoms with Gasteiger partial charge in [0.1, 0.15) is 18.2 Å². The van der Waals surface area contributed by atoms with E-state index in [-0.39, 0.29) is 18.1 Å². The fourth-order valence-corrected chi connectivity index (χ4v) is 2.06. The van der Waals surface area contributed by atoms with Crippen molar-refractivity contribution in [3.8, 4) is 5.75 Å². The zero-order valence-corrected chi connectivity index (χ0v) is 11.3. The van der Waals surface area contributed by atoms with E-state index in [1.54, 1.807) is 12.1 Å². The van der Waals surface area contributed by atoms with Crippen LogP contribution in [0.15, 0.2) is 46.9 Å². The number of hydrogen-bond donors (Lipinski definition) is 0. The van der Waals surface area contributed by atoms with Crippen molar-refractivity contribution < 1.29 is 14.1 Å². The monoisotopic (exact) mass is 325 g/mol. The number of nitro groups is 1. The first-order valence-electron chi connectivity index (χ1n) is 5.37. The third-order valence-corrected chi connectivity index (χ3v) is 2.81. The van der Waals surface area contributed by atoms with E-state index in [0.717, 1.165) is 0 Å². The minimum atomic E-state index is -0.494. The van der Waals surface area contributed by atoms with Crippen LogP contribution in [0.5, 0.6) is 5.75 Å². The van der Waals surface area contributed by atoms with Gasteiger partial charge < -0.3 is 4.74 Å². The van der Waals surface area contributed by atoms with Crippen LogP contribution in [0.1, 0.15) is 5.56 Å². The zero-order valence-electron chi connectivity index (χ0n) is 9.68. The third kappa shape index (κ3) is 3.75. The number of rotatable bonds is 4. The Hall–Kier alpha value is -1.95. The second-order valence-corrected chi connectivity index (χ2v) is 4.74. The normalized spacial score (nSPS) is 10.2. The van der Waals surface area contributed by atoms with Crippen LogP contribution in [0, 0.1) is 15.9 Å². The summed E-state index contributed by atoms with van der Waals surface area (Å²) in [6.07, 6.45) is 0. The molecule has 0 aromatic heterocycles. The molecule has 2 aromatic carbocycles. The van der Waals surface area contributed by atoms with Crippen molar-refractivity contribution in [1.29, 1.82) is 0 Å². The van der Waals surface area contributed by atoms with Gasteiger partial charge in [0.2, 0.25) is 0 Å². The van der Waals surface area contributed by atoms with Gasteiger partial charge in [0.05, 0.1) is 11.0 Å². The van der Waals surface area contributed by atoms with Crippen molar-refractivity contribution in [2.75, 3.05) is 0 Å². The first-order valence-corrected chi connectivity index (χ1v) is 6.16. The quantitative estimate of drug-likeness (QED) is 0.628. The molecule has 0 bridgehead atoms. The Bertz CT molecular complexity index is 598. The molecule has 98 valence electrons. The lowest BCUT2D eigenvalue weighted by molar-refractivity contribution is -0.384. The van der Waals surface area contributed by atoms with E-state index in [0.29, 0.717) is 15.8 Å². The summed E-state index contributed by atoms with van der Waals surface area (Å²) in [7, 11) is 0. The van der Waals surface area contributed by atoms with Gasteiger partial charge in [-0.2, -0.15) is 0 Å². The van der Waals surface area contributed by atoms with E-state index in [1.165, 1.54) is 30.3 Å². The minimum Gasteiger partial charge on any atom is -0.489 e. The van der Waals surface area contributed by atoms with Gasteiger partial charge in [-0.25, -0.2) is 4.39 Å². The molecular formula is C13H9BrFNO3. The maximum atomic E-state index is 13.1. The average molecular weight is 326 g/mol. The molecule has 0 saturated heterocycles. The topological polar surface area (TPSA) is 52.4 Å². The van der Waals surface area contributed by atoms with Crippen LogP contribution in [0.25, 0.3) is 0 Å². The molecule has 0 atom stereocenters. The zero-order chi connectivity index (χ0) is 13.8. The Morgan fingerprint density at radius 2 is 2.05 bits per heavy atom. The molecule has 0 spiro atoms. The van der Waals surface area contributed by atoms with Gasteiger partial charge in [-0.1, -0.05) is 22.0 Å². The van der Waals surface area contributed by atoms with Crippen LogP contribution in [0.2, 0.25) is 0 Å². The Kier molecular flexibility index (Phi) is 4.11. The Labute approximate surface area is 117 Å². The van der Waals surface area contributed by atoms with Gasteiger partial charge >= 0.3 is 0 Å². The highest BCUT2D eigenvalue weighted by atomic mass is 79.9. The van der Waals surface area contributed by atoms with Crippen molar-refractivity contribution >= 4 is 21.6 Å². The van der Waals surface area contributed by atoms with Gasteiger partial charge in [0.25, 0.3) is 5.69 Å². The van der Waals surface area contributed by atoms with E-state index in [2.05, 4.69) is 15.9 Å². The Morgan fingerprint density at radius 1 is 1.26 bits per heavy atom. The maximum absolute atomic E-state index is 13.1. The SMILES string of the molecule is O=[N+]([O-])c1cccc(OCc2cc(F)cc(Br)c2)c1. The molecule has 0 aliphatic carbocycles. The van der Waals surface area contributed by atoms with Gasteiger partial charge in [-0.3, -0.25) is 10.1 Å². The number of nitrogens with zero attached hydrogens (tertiary/aromatic N) is 1. The highest BCUT2D eigenvalue weighted by Gasteiger charge is 2.07. The van der Waals surface area contributed by atoms with Crippen molar-refractivity contribution in [3.63, 3.8) is 0 Å². The number of benzene rings is 2. The summed E-state index contributed by atoms with van der Waals surface area (Å²) in [5, 5.41) is 10.6. The molecule has 2 aromatic rings. The van der Waals surface area contributed by atoms with Crippen LogP contribution in [-0.2, 0) is 6.61 Å². The summed E-state index contributed by atoms with van der Waals surface area (Å²) in [5.41, 5.74) is 0.594. The van der Waals surface area contributed by atoms with Crippen molar-refractivity contribution in [3.05, 3.63) is 68.4 Å². The number of halogens is 2. The van der Waals surface area contributed by atoms with Crippen LogP contribution in [0.3, 0.4) is 0 Å². The summed E-state index contributed by atoms with van der Waals surface area (Å²) in [4.78, 5) is 10.1. The molecular weight excluding hydrogens is 317 g/mol. The minimum absolute atomic E-state index is 0.0436. The van der Waals surface area contributed by atoms with Crippen LogP contribution < -0.4 is 4.74 Å². The molecule has 0 aliphatic heterocycles. The summed E-state index contributed by atoms with van der Waals surface area (Å²) >= 11 is 3.19. The fraction of sp³-hybridized carbons (Fsp3) is 0.0769. The molecule has 0 fully saturated rings. The summed E-state index contributed by atoms with van der Waals surface area (Å²) in [5.74, 6) is 0.00148. The van der Waals surface area contributed by atoms with E-state index in [9.17, 15) is 14.5 Å². The van der Waals surface area contributed by atoms with E-state index >= 15 is 0 Å². The second kappa shape index (κ2) is 5.79. The molecule has 0 N–H and O–H groups in total. The van der Waals surface area contributed by atoms with Crippen molar-refractivity contribution in [2.45, 2.75) is 6.61 Å². The highest BCUT2D eigenvalue weighted by molar-refractivity contribution is 9.10. The molecule has 19 heavy (non-hydrogen) atoms. The van der Waals surface area contributed by atoms with E-state index in [4.69, 9.17) is 4.74 Å². The van der Waals surface area contributed by atoms with Crippen LogP contribution in [0.4, 0.5) is 10.1 Å². The van der Waals surface area contributed by atoms with Crippen molar-refractivity contribution in [1.82, 2.24) is 0 Å². The third-order valence-electron chi connectivity index (χ3n) is 2.36. The van der Waals surface area contributed by atoms with Crippen LogP contribution in [-0.4, -0.2) is 4.92 Å². The maximum Gasteiger partial charge on any atom is 0.273 e. The standard InChI is InChI=1S/C13H9BrFNO3/c14-10-4-9(5-11(15)6-10)8-19-13-3-1-2-12(7-13)16(17)18/h1-7H,8H2. The fourth-order valence-electron chi connectivity index (χ4n) is 1.55. The van der Waals surface area contributed by atoms with E-state index in [1.807, 2.05) is 0 Å². The number of nitro benzene ring substituents is 1. The lowest BCUT2D eigenvalue weighted by Gasteiger charge is -2.06. The van der Waals surface area contributed by atoms with Crippen molar-refractivity contribution in [2.24, 2.45) is 0 Å². The Morgan fingerprint density at radius 3 is 2.74 bits per heavy atom. The summed E-state index contributed by atoms with van der Waals surface area (Å²) in [6, 6.07) is 10.3. The molecule has 6 heteroatoms. The molecule has 0 aliphatic rings. The molecule has 0 unspecified atom stereocenters.